The van der Waals surface area contributed by atoms with Crippen molar-refractivity contribution in [3.05, 3.63) is 23.8 Å². The van der Waals surface area contributed by atoms with Gasteiger partial charge in [0.1, 0.15) is 13.2 Å². The van der Waals surface area contributed by atoms with Gasteiger partial charge in [-0.25, -0.2) is 0 Å². The fourth-order valence-corrected chi connectivity index (χ4v) is 2.74. The zero-order valence-electron chi connectivity index (χ0n) is 13.2. The number of benzene rings is 1. The molecule has 2 aliphatic heterocycles. The molecular formula is C16H21N3O4. The van der Waals surface area contributed by atoms with Gasteiger partial charge in [-0.15, -0.1) is 0 Å². The van der Waals surface area contributed by atoms with Gasteiger partial charge in [0, 0.05) is 33.2 Å². The van der Waals surface area contributed by atoms with Crippen molar-refractivity contribution in [1.82, 2.24) is 15.1 Å². The van der Waals surface area contributed by atoms with Crippen LogP contribution in [-0.4, -0.2) is 74.6 Å². The molecule has 2 aliphatic rings. The molecule has 0 atom stereocenters. The molecule has 1 aromatic carbocycles. The number of para-hydroxylation sites is 1. The van der Waals surface area contributed by atoms with E-state index < -0.39 is 0 Å². The van der Waals surface area contributed by atoms with E-state index in [-0.39, 0.29) is 18.4 Å². The Morgan fingerprint density at radius 2 is 1.96 bits per heavy atom. The highest BCUT2D eigenvalue weighted by molar-refractivity contribution is 5.99. The molecule has 7 nitrogen and oxygen atoms in total. The minimum atomic E-state index is -0.240. The molecular weight excluding hydrogens is 298 g/mol. The Kier molecular flexibility index (Phi) is 4.66. The van der Waals surface area contributed by atoms with E-state index in [1.165, 1.54) is 4.90 Å². The van der Waals surface area contributed by atoms with Crippen LogP contribution in [0.5, 0.6) is 11.5 Å². The first kappa shape index (κ1) is 15.6. The van der Waals surface area contributed by atoms with Crippen LogP contribution < -0.4 is 14.8 Å². The van der Waals surface area contributed by atoms with E-state index in [2.05, 4.69) is 5.32 Å². The summed E-state index contributed by atoms with van der Waals surface area (Å²) >= 11 is 0. The molecule has 0 radical (unpaired) electrons. The summed E-state index contributed by atoms with van der Waals surface area (Å²) in [5.41, 5.74) is 0.429. The first-order chi connectivity index (χ1) is 11.2. The Morgan fingerprint density at radius 3 is 2.74 bits per heavy atom. The highest BCUT2D eigenvalue weighted by atomic mass is 16.6. The van der Waals surface area contributed by atoms with Gasteiger partial charge in [0.2, 0.25) is 5.91 Å². The number of nitrogens with zero attached hydrogens (tertiary/aromatic N) is 2. The minimum Gasteiger partial charge on any atom is -0.486 e. The van der Waals surface area contributed by atoms with Crippen molar-refractivity contribution in [3.63, 3.8) is 0 Å². The largest absolute Gasteiger partial charge is 0.486 e. The molecule has 0 unspecified atom stereocenters. The van der Waals surface area contributed by atoms with E-state index in [4.69, 9.17) is 9.47 Å². The Morgan fingerprint density at radius 1 is 1.22 bits per heavy atom. The van der Waals surface area contributed by atoms with Crippen LogP contribution in [0.3, 0.4) is 0 Å². The van der Waals surface area contributed by atoms with Crippen molar-refractivity contribution < 1.29 is 19.1 Å². The summed E-state index contributed by atoms with van der Waals surface area (Å²) < 4.78 is 11.1. The molecule has 1 fully saturated rings. The number of hydrogen-bond donors (Lipinski definition) is 1. The lowest BCUT2D eigenvalue weighted by molar-refractivity contribution is -0.132. The molecule has 124 valence electrons. The van der Waals surface area contributed by atoms with E-state index in [1.807, 2.05) is 0 Å². The molecule has 1 N–H and O–H groups in total. The number of amides is 2. The van der Waals surface area contributed by atoms with Crippen LogP contribution in [0, 0.1) is 0 Å². The fourth-order valence-electron chi connectivity index (χ4n) is 2.74. The number of carbonyl (C=O) groups is 2. The van der Waals surface area contributed by atoms with Crippen LogP contribution in [-0.2, 0) is 4.79 Å². The second-order valence-corrected chi connectivity index (χ2v) is 5.62. The van der Waals surface area contributed by atoms with Crippen LogP contribution in [0.15, 0.2) is 18.2 Å². The zero-order chi connectivity index (χ0) is 16.2. The quantitative estimate of drug-likeness (QED) is 0.847. The molecule has 2 heterocycles. The Balaban J connectivity index is 1.69. The van der Waals surface area contributed by atoms with E-state index in [0.29, 0.717) is 43.4 Å². The molecule has 0 spiro atoms. The van der Waals surface area contributed by atoms with Gasteiger partial charge in [0.05, 0.1) is 12.1 Å². The van der Waals surface area contributed by atoms with Crippen molar-refractivity contribution in [2.24, 2.45) is 0 Å². The summed E-state index contributed by atoms with van der Waals surface area (Å²) in [6.45, 7) is 3.89. The van der Waals surface area contributed by atoms with Crippen molar-refractivity contribution in [2.45, 2.75) is 0 Å². The summed E-state index contributed by atoms with van der Waals surface area (Å²) in [5, 5.41) is 3.20. The first-order valence-corrected chi connectivity index (χ1v) is 7.79. The number of carbonyl (C=O) groups excluding carboxylic acids is 2. The summed E-state index contributed by atoms with van der Waals surface area (Å²) in [4.78, 5) is 28.1. The molecule has 0 aromatic heterocycles. The van der Waals surface area contributed by atoms with E-state index in [0.717, 1.165) is 13.1 Å². The first-order valence-electron chi connectivity index (χ1n) is 7.79. The third kappa shape index (κ3) is 3.39. The fraction of sp³-hybridized carbons (Fsp3) is 0.500. The van der Waals surface area contributed by atoms with Crippen molar-refractivity contribution >= 4 is 11.8 Å². The van der Waals surface area contributed by atoms with Crippen molar-refractivity contribution in [3.8, 4) is 11.5 Å². The Labute approximate surface area is 135 Å². The molecule has 0 saturated carbocycles. The third-order valence-electron chi connectivity index (χ3n) is 3.99. The Hall–Kier alpha value is -2.28. The van der Waals surface area contributed by atoms with Crippen LogP contribution >= 0.6 is 0 Å². The Bertz CT molecular complexity index is 599. The summed E-state index contributed by atoms with van der Waals surface area (Å²) in [7, 11) is 1.63. The lowest BCUT2D eigenvalue weighted by Crippen LogP contribution is -2.49. The highest BCUT2D eigenvalue weighted by Crippen LogP contribution is 2.34. The molecule has 3 rings (SSSR count). The summed E-state index contributed by atoms with van der Waals surface area (Å²) in [6, 6.07) is 5.23. The summed E-state index contributed by atoms with van der Waals surface area (Å²) in [5.74, 6) is 0.759. The van der Waals surface area contributed by atoms with Gasteiger partial charge in [-0.2, -0.15) is 0 Å². The highest BCUT2D eigenvalue weighted by Gasteiger charge is 2.25. The average molecular weight is 319 g/mol. The number of fused-ring (bicyclic) bond motifs is 1. The maximum Gasteiger partial charge on any atom is 0.257 e. The lowest BCUT2D eigenvalue weighted by atomic mass is 10.1. The van der Waals surface area contributed by atoms with Gasteiger partial charge in [-0.05, 0) is 12.1 Å². The van der Waals surface area contributed by atoms with E-state index in [9.17, 15) is 9.59 Å². The van der Waals surface area contributed by atoms with Gasteiger partial charge >= 0.3 is 0 Å². The molecule has 1 saturated heterocycles. The maximum absolute atomic E-state index is 12.6. The number of rotatable bonds is 3. The molecule has 0 aliphatic carbocycles. The van der Waals surface area contributed by atoms with Gasteiger partial charge in [0.25, 0.3) is 5.91 Å². The molecule has 2 amide bonds. The second kappa shape index (κ2) is 6.87. The lowest BCUT2D eigenvalue weighted by Gasteiger charge is -2.29. The normalized spacial score (nSPS) is 16.8. The predicted octanol–water partition coefficient (Wildman–Crippen LogP) is -0.0384. The van der Waals surface area contributed by atoms with Crippen LogP contribution in [0.25, 0.3) is 0 Å². The second-order valence-electron chi connectivity index (χ2n) is 5.62. The maximum atomic E-state index is 12.6. The molecule has 23 heavy (non-hydrogen) atoms. The van der Waals surface area contributed by atoms with Crippen LogP contribution in [0.4, 0.5) is 0 Å². The van der Waals surface area contributed by atoms with Gasteiger partial charge < -0.3 is 24.6 Å². The SMILES string of the molecule is CN(CC(=O)N1CCNCC1)C(=O)c1cccc2c1OCCO2. The number of nitrogens with one attached hydrogen (secondary N) is 1. The van der Waals surface area contributed by atoms with Gasteiger partial charge in [-0.1, -0.05) is 6.07 Å². The third-order valence-corrected chi connectivity index (χ3v) is 3.99. The topological polar surface area (TPSA) is 71.1 Å². The average Bonchev–Trinajstić information content (AvgIpc) is 2.61. The molecule has 1 aromatic rings. The number of likely N-dealkylation sites (N-methyl/N-ethyl adjacent to an activating group) is 1. The number of ether oxygens (including phenoxy) is 2. The van der Waals surface area contributed by atoms with Crippen molar-refractivity contribution in [2.75, 3.05) is 53.0 Å². The monoisotopic (exact) mass is 319 g/mol. The smallest absolute Gasteiger partial charge is 0.257 e. The number of hydrogen-bond acceptors (Lipinski definition) is 5. The van der Waals surface area contributed by atoms with Gasteiger partial charge in [-0.3, -0.25) is 9.59 Å². The zero-order valence-corrected chi connectivity index (χ0v) is 13.2. The van der Waals surface area contributed by atoms with Gasteiger partial charge in [0.15, 0.2) is 11.5 Å². The van der Waals surface area contributed by atoms with Crippen molar-refractivity contribution in [1.29, 1.82) is 0 Å². The standard InChI is InChI=1S/C16H21N3O4/c1-18(11-14(20)19-7-5-17-6-8-19)16(21)12-3-2-4-13-15(12)23-10-9-22-13/h2-4,17H,5-11H2,1H3. The molecule has 0 bridgehead atoms. The summed E-state index contributed by atoms with van der Waals surface area (Å²) in [6.07, 6.45) is 0. The van der Waals surface area contributed by atoms with E-state index >= 15 is 0 Å². The predicted molar refractivity (Wildman–Crippen MR) is 83.8 cm³/mol. The van der Waals surface area contributed by atoms with E-state index in [1.54, 1.807) is 30.1 Å². The number of piperazine rings is 1. The van der Waals surface area contributed by atoms with Crippen LogP contribution in [0.1, 0.15) is 10.4 Å². The van der Waals surface area contributed by atoms with Crippen LogP contribution in [0.2, 0.25) is 0 Å². The minimum absolute atomic E-state index is 0.0377. The molecule has 7 heteroatoms.